The number of hydrogen-bond donors (Lipinski definition) is 5. The first-order chi connectivity index (χ1) is 12.3. The van der Waals surface area contributed by atoms with Crippen molar-refractivity contribution in [2.75, 3.05) is 23.8 Å². The van der Waals surface area contributed by atoms with Gasteiger partial charge in [0, 0.05) is 17.4 Å². The van der Waals surface area contributed by atoms with E-state index in [9.17, 15) is 4.79 Å². The molecule has 8 nitrogen and oxygen atoms in total. The van der Waals surface area contributed by atoms with Crippen molar-refractivity contribution in [2.45, 2.75) is 12.2 Å². The zero-order chi connectivity index (χ0) is 17.1. The van der Waals surface area contributed by atoms with Gasteiger partial charge in [0.1, 0.15) is 25.4 Å². The molecule has 0 spiro atoms. The third kappa shape index (κ3) is 3.50. The van der Waals surface area contributed by atoms with Crippen LogP contribution in [0.2, 0.25) is 0 Å². The summed E-state index contributed by atoms with van der Waals surface area (Å²) in [5.74, 6) is 1.15. The zero-order valence-corrected chi connectivity index (χ0v) is 13.4. The molecule has 2 aliphatic rings. The molecule has 2 unspecified atom stereocenters. The highest BCUT2D eigenvalue weighted by molar-refractivity contribution is 5.96. The third-order valence-electron chi connectivity index (χ3n) is 3.98. The number of rotatable bonds is 4. The fourth-order valence-electron chi connectivity index (χ4n) is 2.76. The average molecular weight is 341 g/mol. The maximum atomic E-state index is 12.6. The molecule has 0 aromatic heterocycles. The SMILES string of the molecule is O=C(Nc1ccc2c(c1)OCCO2)C1NNNC1Nc1ccccc1. The number of benzene rings is 2. The van der Waals surface area contributed by atoms with Crippen LogP contribution in [0.25, 0.3) is 0 Å². The van der Waals surface area contributed by atoms with E-state index in [0.717, 1.165) is 5.69 Å². The van der Waals surface area contributed by atoms with E-state index in [0.29, 0.717) is 30.4 Å². The van der Waals surface area contributed by atoms with E-state index >= 15 is 0 Å². The standard InChI is InChI=1S/C17H19N5O3/c23-17(19-12-6-7-13-14(10-12)25-9-8-24-13)15-16(21-22-20-15)18-11-4-2-1-3-5-11/h1-7,10,15-16,18,20-22H,8-9H2,(H,19,23). The molecule has 1 amide bonds. The molecule has 2 aromatic carbocycles. The summed E-state index contributed by atoms with van der Waals surface area (Å²) < 4.78 is 11.0. The Kier molecular flexibility index (Phi) is 4.38. The van der Waals surface area contributed by atoms with E-state index in [2.05, 4.69) is 27.0 Å². The minimum atomic E-state index is -0.506. The Morgan fingerprint density at radius 2 is 1.76 bits per heavy atom. The minimum absolute atomic E-state index is 0.178. The number of carbonyl (C=O) groups is 1. The number of anilines is 2. The maximum absolute atomic E-state index is 12.6. The normalized spacial score (nSPS) is 21.6. The Morgan fingerprint density at radius 1 is 0.960 bits per heavy atom. The number of amides is 1. The quantitative estimate of drug-likeness (QED) is 0.562. The molecule has 0 aliphatic carbocycles. The Morgan fingerprint density at radius 3 is 2.60 bits per heavy atom. The Labute approximate surface area is 144 Å². The van der Waals surface area contributed by atoms with E-state index in [-0.39, 0.29) is 12.1 Å². The van der Waals surface area contributed by atoms with E-state index in [1.807, 2.05) is 30.3 Å². The van der Waals surface area contributed by atoms with Crippen LogP contribution in [0.5, 0.6) is 11.5 Å². The molecule has 0 bridgehead atoms. The lowest BCUT2D eigenvalue weighted by molar-refractivity contribution is -0.118. The van der Waals surface area contributed by atoms with Crippen LogP contribution >= 0.6 is 0 Å². The molecule has 2 aliphatic heterocycles. The van der Waals surface area contributed by atoms with E-state index < -0.39 is 6.04 Å². The monoisotopic (exact) mass is 341 g/mol. The number of hydrogen-bond acceptors (Lipinski definition) is 7. The molecule has 25 heavy (non-hydrogen) atoms. The summed E-state index contributed by atoms with van der Waals surface area (Å²) in [6, 6.07) is 14.5. The first-order valence-electron chi connectivity index (χ1n) is 8.08. The van der Waals surface area contributed by atoms with Gasteiger partial charge in [0.05, 0.1) is 0 Å². The van der Waals surface area contributed by atoms with Crippen LogP contribution in [-0.4, -0.2) is 31.3 Å². The molecule has 130 valence electrons. The highest BCUT2D eigenvalue weighted by Crippen LogP contribution is 2.32. The second kappa shape index (κ2) is 6.98. The number of fused-ring (bicyclic) bond motifs is 1. The third-order valence-corrected chi connectivity index (χ3v) is 3.98. The van der Waals surface area contributed by atoms with Crippen molar-refractivity contribution in [1.82, 2.24) is 16.4 Å². The lowest BCUT2D eigenvalue weighted by Crippen LogP contribution is -2.47. The summed E-state index contributed by atoms with van der Waals surface area (Å²) in [4.78, 5) is 12.6. The summed E-state index contributed by atoms with van der Waals surface area (Å²) in [5.41, 5.74) is 10.3. The van der Waals surface area contributed by atoms with Crippen LogP contribution in [0.1, 0.15) is 0 Å². The van der Waals surface area contributed by atoms with Crippen LogP contribution in [0.4, 0.5) is 11.4 Å². The van der Waals surface area contributed by atoms with E-state index in [4.69, 9.17) is 9.47 Å². The van der Waals surface area contributed by atoms with Gasteiger partial charge >= 0.3 is 0 Å². The molecule has 4 rings (SSSR count). The first-order valence-corrected chi connectivity index (χ1v) is 8.08. The molecule has 2 heterocycles. The second-order valence-corrected chi connectivity index (χ2v) is 5.73. The number of carbonyl (C=O) groups excluding carboxylic acids is 1. The van der Waals surface area contributed by atoms with Crippen molar-refractivity contribution in [2.24, 2.45) is 0 Å². The molecule has 5 N–H and O–H groups in total. The van der Waals surface area contributed by atoms with Gasteiger partial charge in [-0.25, -0.2) is 10.9 Å². The van der Waals surface area contributed by atoms with Gasteiger partial charge in [0.2, 0.25) is 5.91 Å². The maximum Gasteiger partial charge on any atom is 0.246 e. The Bertz CT molecular complexity index is 755. The summed E-state index contributed by atoms with van der Waals surface area (Å²) in [7, 11) is 0. The largest absolute Gasteiger partial charge is 0.486 e. The van der Waals surface area contributed by atoms with Gasteiger partial charge in [-0.3, -0.25) is 4.79 Å². The fourth-order valence-corrected chi connectivity index (χ4v) is 2.76. The van der Waals surface area contributed by atoms with Crippen LogP contribution in [-0.2, 0) is 4.79 Å². The Hall–Kier alpha value is -2.81. The summed E-state index contributed by atoms with van der Waals surface area (Å²) >= 11 is 0. The number of hydrazine groups is 2. The van der Waals surface area contributed by atoms with Crippen molar-refractivity contribution in [3.8, 4) is 11.5 Å². The van der Waals surface area contributed by atoms with Crippen molar-refractivity contribution < 1.29 is 14.3 Å². The van der Waals surface area contributed by atoms with Crippen molar-refractivity contribution >= 4 is 17.3 Å². The van der Waals surface area contributed by atoms with Crippen molar-refractivity contribution in [3.05, 3.63) is 48.5 Å². The van der Waals surface area contributed by atoms with Crippen LogP contribution in [0.3, 0.4) is 0 Å². The van der Waals surface area contributed by atoms with Gasteiger partial charge in [0.15, 0.2) is 11.5 Å². The van der Waals surface area contributed by atoms with Gasteiger partial charge in [-0.05, 0) is 24.3 Å². The minimum Gasteiger partial charge on any atom is -0.486 e. The van der Waals surface area contributed by atoms with Gasteiger partial charge in [-0.1, -0.05) is 18.2 Å². The number of nitrogens with one attached hydrogen (secondary N) is 5. The molecule has 0 saturated carbocycles. The van der Waals surface area contributed by atoms with E-state index in [1.165, 1.54) is 0 Å². The predicted octanol–water partition coefficient (Wildman–Crippen LogP) is 0.816. The van der Waals surface area contributed by atoms with Gasteiger partial charge in [0.25, 0.3) is 0 Å². The highest BCUT2D eigenvalue weighted by atomic mass is 16.6. The summed E-state index contributed by atoms with van der Waals surface area (Å²) in [6.45, 7) is 1.04. The fraction of sp³-hybridized carbons (Fsp3) is 0.235. The van der Waals surface area contributed by atoms with Crippen molar-refractivity contribution in [1.29, 1.82) is 0 Å². The van der Waals surface area contributed by atoms with Crippen LogP contribution in [0, 0.1) is 0 Å². The lowest BCUT2D eigenvalue weighted by atomic mass is 10.2. The van der Waals surface area contributed by atoms with Crippen LogP contribution in [0.15, 0.2) is 48.5 Å². The molecule has 1 fully saturated rings. The lowest BCUT2D eigenvalue weighted by Gasteiger charge is -2.21. The number of ether oxygens (including phenoxy) is 2. The zero-order valence-electron chi connectivity index (χ0n) is 13.4. The molecule has 8 heteroatoms. The van der Waals surface area contributed by atoms with Crippen LogP contribution < -0.4 is 36.5 Å². The van der Waals surface area contributed by atoms with Gasteiger partial charge < -0.3 is 20.1 Å². The Balaban J connectivity index is 1.43. The molecular formula is C17H19N5O3. The predicted molar refractivity (Wildman–Crippen MR) is 93.1 cm³/mol. The molecule has 1 saturated heterocycles. The summed E-state index contributed by atoms with van der Waals surface area (Å²) in [5, 5.41) is 6.16. The smallest absolute Gasteiger partial charge is 0.246 e. The molecule has 0 radical (unpaired) electrons. The topological polar surface area (TPSA) is 95.7 Å². The number of para-hydroxylation sites is 1. The average Bonchev–Trinajstić information content (AvgIpc) is 3.11. The first kappa shape index (κ1) is 15.7. The van der Waals surface area contributed by atoms with Gasteiger partial charge in [-0.15, -0.1) is 0 Å². The molecular weight excluding hydrogens is 322 g/mol. The summed E-state index contributed by atoms with van der Waals surface area (Å²) in [6.07, 6.45) is -0.306. The van der Waals surface area contributed by atoms with E-state index in [1.54, 1.807) is 18.2 Å². The molecule has 2 atom stereocenters. The van der Waals surface area contributed by atoms with Gasteiger partial charge in [-0.2, -0.15) is 5.53 Å². The second-order valence-electron chi connectivity index (χ2n) is 5.73. The van der Waals surface area contributed by atoms with Crippen molar-refractivity contribution in [3.63, 3.8) is 0 Å². The highest BCUT2D eigenvalue weighted by Gasteiger charge is 2.33. The molecule has 2 aromatic rings.